The summed E-state index contributed by atoms with van der Waals surface area (Å²) in [5, 5.41) is 5.63. The smallest absolute Gasteiger partial charge is 0.421 e. The van der Waals surface area contributed by atoms with Crippen molar-refractivity contribution in [2.45, 2.75) is 31.9 Å². The number of nitrogens with zero attached hydrogens (tertiary/aromatic N) is 3. The number of carbonyl (C=O) groups excluding carboxylic acids is 1. The molecule has 0 unspecified atom stereocenters. The summed E-state index contributed by atoms with van der Waals surface area (Å²) in [6.07, 6.45) is -0.931. The molecule has 0 saturated carbocycles. The Morgan fingerprint density at radius 2 is 2.03 bits per heavy atom. The van der Waals surface area contributed by atoms with Crippen LogP contribution in [0, 0.1) is 0 Å². The van der Waals surface area contributed by atoms with Gasteiger partial charge < -0.3 is 20.3 Å². The number of aromatic nitrogens is 2. The number of ether oxygens (including phenoxy) is 1. The van der Waals surface area contributed by atoms with Crippen molar-refractivity contribution in [1.29, 1.82) is 0 Å². The number of para-hydroxylation sites is 2. The topological polar surface area (TPSA) is 79.4 Å². The maximum absolute atomic E-state index is 13.4. The van der Waals surface area contributed by atoms with Crippen molar-refractivity contribution in [2.24, 2.45) is 0 Å². The average Bonchev–Trinajstić information content (AvgIpc) is 2.72. The minimum Gasteiger partial charge on any atom is -0.495 e. The summed E-state index contributed by atoms with van der Waals surface area (Å²) >= 11 is 0. The lowest BCUT2D eigenvalue weighted by Crippen LogP contribution is -2.36. The van der Waals surface area contributed by atoms with Crippen molar-refractivity contribution in [3.05, 3.63) is 36.0 Å². The highest BCUT2D eigenvalue weighted by Crippen LogP contribution is 2.34. The number of anilines is 3. The summed E-state index contributed by atoms with van der Waals surface area (Å²) in [5.41, 5.74) is -0.406. The molecule has 0 atom stereocenters. The van der Waals surface area contributed by atoms with Gasteiger partial charge in [0.05, 0.1) is 12.8 Å². The van der Waals surface area contributed by atoms with Crippen molar-refractivity contribution in [2.75, 3.05) is 37.4 Å². The number of hydrogen-bond acceptors (Lipinski definition) is 6. The second-order valence-electron chi connectivity index (χ2n) is 6.90. The summed E-state index contributed by atoms with van der Waals surface area (Å²) in [6.45, 7) is 1.45. The number of methoxy groups -OCH3 is 1. The molecule has 1 aromatic carbocycles. The fourth-order valence-electron chi connectivity index (χ4n) is 3.23. The highest BCUT2D eigenvalue weighted by molar-refractivity contribution is 5.76. The Balaban J connectivity index is 1.69. The molecule has 162 valence electrons. The summed E-state index contributed by atoms with van der Waals surface area (Å²) in [7, 11) is 1.49. The molecular weight excluding hydrogens is 399 g/mol. The average molecular weight is 423 g/mol. The van der Waals surface area contributed by atoms with Gasteiger partial charge in [-0.05, 0) is 31.4 Å². The van der Waals surface area contributed by atoms with E-state index in [0.29, 0.717) is 37.4 Å². The molecule has 0 aliphatic carbocycles. The van der Waals surface area contributed by atoms with Crippen LogP contribution in [0.5, 0.6) is 5.75 Å². The third-order valence-corrected chi connectivity index (χ3v) is 4.77. The number of likely N-dealkylation sites (tertiary alicyclic amines) is 1. The maximum Gasteiger partial charge on any atom is 0.421 e. The normalized spacial score (nSPS) is 14.5. The molecule has 7 nitrogen and oxygen atoms in total. The molecule has 1 saturated heterocycles. The van der Waals surface area contributed by atoms with Crippen molar-refractivity contribution in [3.8, 4) is 5.75 Å². The molecule has 1 aliphatic rings. The quantitative estimate of drug-likeness (QED) is 0.624. The van der Waals surface area contributed by atoms with E-state index in [0.717, 1.165) is 19.0 Å². The third-order valence-electron chi connectivity index (χ3n) is 4.77. The Morgan fingerprint density at radius 1 is 1.23 bits per heavy atom. The van der Waals surface area contributed by atoms with Crippen LogP contribution in [-0.4, -0.2) is 47.5 Å². The number of piperidine rings is 1. The van der Waals surface area contributed by atoms with Gasteiger partial charge in [0.2, 0.25) is 11.9 Å². The zero-order chi connectivity index (χ0) is 21.6. The summed E-state index contributed by atoms with van der Waals surface area (Å²) in [4.78, 5) is 21.4. The van der Waals surface area contributed by atoms with Crippen molar-refractivity contribution in [1.82, 2.24) is 14.9 Å². The van der Waals surface area contributed by atoms with Gasteiger partial charge in [0.15, 0.2) is 0 Å². The van der Waals surface area contributed by atoms with E-state index >= 15 is 0 Å². The van der Waals surface area contributed by atoms with E-state index in [4.69, 9.17) is 4.74 Å². The lowest BCUT2D eigenvalue weighted by atomic mass is 10.1. The first-order valence-electron chi connectivity index (χ1n) is 9.74. The molecule has 10 heteroatoms. The first kappa shape index (κ1) is 21.7. The first-order chi connectivity index (χ1) is 14.4. The number of nitrogens with one attached hydrogen (secondary N) is 2. The molecule has 0 bridgehead atoms. The maximum atomic E-state index is 13.4. The molecule has 1 aliphatic heterocycles. The molecule has 0 radical (unpaired) electrons. The minimum atomic E-state index is -4.59. The predicted molar refractivity (Wildman–Crippen MR) is 107 cm³/mol. The molecule has 0 spiro atoms. The predicted octanol–water partition coefficient (Wildman–Crippen LogP) is 4.06. The Labute approximate surface area is 172 Å². The van der Waals surface area contributed by atoms with Gasteiger partial charge in [0.1, 0.15) is 17.1 Å². The zero-order valence-electron chi connectivity index (χ0n) is 16.6. The monoisotopic (exact) mass is 423 g/mol. The van der Waals surface area contributed by atoms with Gasteiger partial charge in [-0.3, -0.25) is 4.79 Å². The van der Waals surface area contributed by atoms with Gasteiger partial charge in [0.25, 0.3) is 0 Å². The third kappa shape index (κ3) is 5.52. The van der Waals surface area contributed by atoms with Crippen molar-refractivity contribution < 1.29 is 22.7 Å². The largest absolute Gasteiger partial charge is 0.495 e. The lowest BCUT2D eigenvalue weighted by Gasteiger charge is -2.26. The second kappa shape index (κ2) is 9.64. The standard InChI is InChI=1S/C20H24F3N5O2/c1-30-16-8-3-2-7-15(16)26-19-25-13-14(20(21,22)23)18(27-19)24-10-6-12-28-11-5-4-9-17(28)29/h2-3,7-8,13H,4-6,9-12H2,1H3,(H2,24,25,26,27). The van der Waals surface area contributed by atoms with Gasteiger partial charge in [0, 0.05) is 32.3 Å². The highest BCUT2D eigenvalue weighted by atomic mass is 19.4. The van der Waals surface area contributed by atoms with Crippen molar-refractivity contribution in [3.63, 3.8) is 0 Å². The van der Waals surface area contributed by atoms with Crippen LogP contribution in [0.4, 0.5) is 30.6 Å². The van der Waals surface area contributed by atoms with E-state index in [1.807, 2.05) is 0 Å². The summed E-state index contributed by atoms with van der Waals surface area (Å²) in [6, 6.07) is 6.96. The Morgan fingerprint density at radius 3 is 2.77 bits per heavy atom. The molecule has 2 N–H and O–H groups in total. The molecular formula is C20H24F3N5O2. The van der Waals surface area contributed by atoms with Crippen LogP contribution >= 0.6 is 0 Å². The number of carbonyl (C=O) groups is 1. The zero-order valence-corrected chi connectivity index (χ0v) is 16.6. The molecule has 1 aromatic heterocycles. The Kier molecular flexibility index (Phi) is 6.96. The molecule has 3 rings (SSSR count). The van der Waals surface area contributed by atoms with Crippen LogP contribution in [0.3, 0.4) is 0 Å². The summed E-state index contributed by atoms with van der Waals surface area (Å²) < 4.78 is 45.3. The van der Waals surface area contributed by atoms with E-state index in [2.05, 4.69) is 20.6 Å². The van der Waals surface area contributed by atoms with Gasteiger partial charge in [-0.2, -0.15) is 18.2 Å². The fourth-order valence-corrected chi connectivity index (χ4v) is 3.23. The van der Waals surface area contributed by atoms with Gasteiger partial charge in [-0.15, -0.1) is 0 Å². The lowest BCUT2D eigenvalue weighted by molar-refractivity contribution is -0.137. The number of benzene rings is 1. The summed E-state index contributed by atoms with van der Waals surface area (Å²) in [5.74, 6) is 0.324. The van der Waals surface area contributed by atoms with Crippen LogP contribution in [-0.2, 0) is 11.0 Å². The van der Waals surface area contributed by atoms with Crippen LogP contribution in [0.15, 0.2) is 30.5 Å². The van der Waals surface area contributed by atoms with Crippen LogP contribution in [0.1, 0.15) is 31.2 Å². The molecule has 2 aromatic rings. The Bertz CT molecular complexity index is 876. The molecule has 1 fully saturated rings. The molecule has 30 heavy (non-hydrogen) atoms. The molecule has 1 amide bonds. The number of rotatable bonds is 8. The fraction of sp³-hybridized carbons (Fsp3) is 0.450. The van der Waals surface area contributed by atoms with Crippen molar-refractivity contribution >= 4 is 23.4 Å². The van der Waals surface area contributed by atoms with E-state index in [1.165, 1.54) is 7.11 Å². The molecule has 2 heterocycles. The first-order valence-corrected chi connectivity index (χ1v) is 9.74. The Hall–Kier alpha value is -3.04. The number of alkyl halides is 3. The number of hydrogen-bond donors (Lipinski definition) is 2. The minimum absolute atomic E-state index is 0.0150. The van der Waals surface area contributed by atoms with Gasteiger partial charge >= 0.3 is 6.18 Å². The second-order valence-corrected chi connectivity index (χ2v) is 6.90. The van der Waals surface area contributed by atoms with E-state index in [-0.39, 0.29) is 24.2 Å². The van der Waals surface area contributed by atoms with Crippen LogP contribution in [0.25, 0.3) is 0 Å². The van der Waals surface area contributed by atoms with E-state index < -0.39 is 11.7 Å². The van der Waals surface area contributed by atoms with Crippen LogP contribution in [0.2, 0.25) is 0 Å². The van der Waals surface area contributed by atoms with E-state index in [9.17, 15) is 18.0 Å². The van der Waals surface area contributed by atoms with Crippen LogP contribution < -0.4 is 15.4 Å². The number of amides is 1. The van der Waals surface area contributed by atoms with Gasteiger partial charge in [-0.25, -0.2) is 4.98 Å². The van der Waals surface area contributed by atoms with Gasteiger partial charge in [-0.1, -0.05) is 12.1 Å². The SMILES string of the molecule is COc1ccccc1Nc1ncc(C(F)(F)F)c(NCCCN2CCCCC2=O)n1. The highest BCUT2D eigenvalue weighted by Gasteiger charge is 2.35. The number of halogens is 3. The van der Waals surface area contributed by atoms with E-state index in [1.54, 1.807) is 29.2 Å².